The van der Waals surface area contributed by atoms with Crippen LogP contribution >= 0.6 is 0 Å². The van der Waals surface area contributed by atoms with E-state index >= 15 is 0 Å². The van der Waals surface area contributed by atoms with Gasteiger partial charge in [0.25, 0.3) is 0 Å². The van der Waals surface area contributed by atoms with Gasteiger partial charge in [-0.3, -0.25) is 9.69 Å². The molecule has 7 fully saturated rings. The maximum absolute atomic E-state index is 12.4. The van der Waals surface area contributed by atoms with Crippen molar-refractivity contribution in [2.24, 2.45) is 45.8 Å². The van der Waals surface area contributed by atoms with Crippen LogP contribution in [0.5, 0.6) is 11.5 Å². The molecular weight excluding hydrogens is 542 g/mol. The van der Waals surface area contributed by atoms with Crippen molar-refractivity contribution >= 4 is 5.78 Å². The molecule has 2 aromatic rings. The summed E-state index contributed by atoms with van der Waals surface area (Å²) in [7, 11) is 0. The predicted octanol–water partition coefficient (Wildman–Crippen LogP) is 8.36. The van der Waals surface area contributed by atoms with Crippen LogP contribution in [0.1, 0.15) is 83.6 Å². The number of hydrogen-bond donors (Lipinski definition) is 0. The minimum atomic E-state index is 0.129. The summed E-state index contributed by atoms with van der Waals surface area (Å²) in [5.74, 6) is 6.07. The number of carbonyl (C=O) groups excluding carboxylic acids is 1. The van der Waals surface area contributed by atoms with Crippen LogP contribution in [0, 0.1) is 45.8 Å². The lowest BCUT2D eigenvalue weighted by Gasteiger charge is -2.60. The Labute approximate surface area is 262 Å². The Hall–Kier alpha value is -2.43. The van der Waals surface area contributed by atoms with E-state index in [0.717, 1.165) is 48.6 Å². The molecule has 4 nitrogen and oxygen atoms in total. The lowest BCUT2D eigenvalue weighted by atomic mass is 9.47. The Balaban J connectivity index is 0.901. The molecule has 0 aromatic heterocycles. The highest BCUT2D eigenvalue weighted by atomic mass is 16.5. The molecule has 10 rings (SSSR count). The fourth-order valence-corrected chi connectivity index (χ4v) is 13.5. The molecule has 2 aliphatic heterocycles. The number of allylic oxidation sites excluding steroid dienone is 2. The topological polar surface area (TPSA) is 38.8 Å². The van der Waals surface area contributed by atoms with Gasteiger partial charge in [-0.2, -0.15) is 0 Å². The summed E-state index contributed by atoms with van der Waals surface area (Å²) in [5, 5.41) is 0. The number of nitrogens with zero attached hydrogens (tertiary/aromatic N) is 1. The fraction of sp³-hybridized carbons (Fsp3) is 0.625. The molecule has 2 saturated heterocycles. The summed E-state index contributed by atoms with van der Waals surface area (Å²) >= 11 is 0. The van der Waals surface area contributed by atoms with Gasteiger partial charge in [-0.15, -0.1) is 0 Å². The van der Waals surface area contributed by atoms with Crippen molar-refractivity contribution in [2.75, 3.05) is 6.54 Å². The van der Waals surface area contributed by atoms with E-state index in [9.17, 15) is 4.79 Å². The van der Waals surface area contributed by atoms with Crippen molar-refractivity contribution in [2.45, 2.75) is 102 Å². The third-order valence-corrected chi connectivity index (χ3v) is 15.1. The average molecular weight is 590 g/mol. The number of hydrogen-bond acceptors (Lipinski definition) is 4. The van der Waals surface area contributed by atoms with Crippen LogP contribution in [0.4, 0.5) is 0 Å². The molecule has 2 unspecified atom stereocenters. The number of rotatable bonds is 4. The number of carbonyl (C=O) groups is 1. The van der Waals surface area contributed by atoms with Gasteiger partial charge in [-0.25, -0.2) is 0 Å². The van der Waals surface area contributed by atoms with Crippen LogP contribution in [0.15, 0.2) is 66.2 Å². The third kappa shape index (κ3) is 3.30. The first-order valence-electron chi connectivity index (χ1n) is 17.8. The van der Waals surface area contributed by atoms with E-state index in [1.165, 1.54) is 69.0 Å². The molecule has 0 radical (unpaired) electrons. The SMILES string of the molecule is C[C@H]1C[C@H]2O[C@@]34CC[C@H]5[C@H]6CCC7=CC(=O)CC[C@]7(C)[C@H]6CC56CC63C[C@@H]4[C@@H]2N(Cc2ccc(Oc3ccccc3)cc2)C1. The normalized spacial score (nSPS) is 47.9. The van der Waals surface area contributed by atoms with Crippen molar-refractivity contribution in [3.05, 3.63) is 71.8 Å². The Kier molecular flexibility index (Phi) is 5.40. The molecule has 0 N–H and O–H groups in total. The van der Waals surface area contributed by atoms with Gasteiger partial charge in [0.1, 0.15) is 11.5 Å². The summed E-state index contributed by atoms with van der Waals surface area (Å²) in [6, 6.07) is 19.4. The van der Waals surface area contributed by atoms with Gasteiger partial charge in [-0.05, 0) is 128 Å². The minimum absolute atomic E-state index is 0.129. The number of para-hydroxylation sites is 1. The van der Waals surface area contributed by atoms with E-state index in [-0.39, 0.29) is 11.0 Å². The maximum atomic E-state index is 12.4. The maximum Gasteiger partial charge on any atom is 0.155 e. The second kappa shape index (κ2) is 8.88. The molecule has 44 heavy (non-hydrogen) atoms. The molecule has 2 aromatic carbocycles. The van der Waals surface area contributed by atoms with Crippen molar-refractivity contribution < 1.29 is 14.3 Å². The molecule has 4 heteroatoms. The highest BCUT2D eigenvalue weighted by Gasteiger charge is 2.91. The zero-order valence-corrected chi connectivity index (χ0v) is 26.5. The van der Waals surface area contributed by atoms with Crippen LogP contribution in [0.3, 0.4) is 0 Å². The largest absolute Gasteiger partial charge is 0.457 e. The van der Waals surface area contributed by atoms with Crippen molar-refractivity contribution in [3.63, 3.8) is 0 Å². The van der Waals surface area contributed by atoms with Crippen LogP contribution in [0.25, 0.3) is 0 Å². The van der Waals surface area contributed by atoms with Crippen LogP contribution in [-0.2, 0) is 16.1 Å². The lowest BCUT2D eigenvalue weighted by molar-refractivity contribution is -0.211. The van der Waals surface area contributed by atoms with Crippen LogP contribution < -0.4 is 4.74 Å². The summed E-state index contributed by atoms with van der Waals surface area (Å²) in [4.78, 5) is 15.2. The zero-order chi connectivity index (χ0) is 29.5. The molecule has 6 aliphatic carbocycles. The second-order valence-corrected chi connectivity index (χ2v) is 16.8. The third-order valence-electron chi connectivity index (χ3n) is 15.1. The van der Waals surface area contributed by atoms with E-state index in [0.29, 0.717) is 40.6 Å². The molecule has 2 heterocycles. The Morgan fingerprint density at radius 1 is 0.932 bits per heavy atom. The number of fused-ring (bicyclic) bond motifs is 6. The predicted molar refractivity (Wildman–Crippen MR) is 170 cm³/mol. The van der Waals surface area contributed by atoms with Gasteiger partial charge < -0.3 is 9.47 Å². The molecule has 8 aliphatic rings. The highest BCUT2D eigenvalue weighted by molar-refractivity contribution is 5.91. The van der Waals surface area contributed by atoms with Gasteiger partial charge in [0, 0.05) is 36.9 Å². The Morgan fingerprint density at radius 3 is 2.59 bits per heavy atom. The first-order valence-corrected chi connectivity index (χ1v) is 17.8. The molecule has 11 atom stereocenters. The van der Waals surface area contributed by atoms with E-state index in [1.807, 2.05) is 30.3 Å². The van der Waals surface area contributed by atoms with Gasteiger partial charge >= 0.3 is 0 Å². The summed E-state index contributed by atoms with van der Waals surface area (Å²) < 4.78 is 13.6. The average Bonchev–Trinajstić information content (AvgIpc) is 3.50. The zero-order valence-electron chi connectivity index (χ0n) is 26.5. The van der Waals surface area contributed by atoms with Crippen molar-refractivity contribution in [1.29, 1.82) is 0 Å². The summed E-state index contributed by atoms with van der Waals surface area (Å²) in [6.45, 7) is 7.17. The summed E-state index contributed by atoms with van der Waals surface area (Å²) in [6.07, 6.45) is 15.0. The minimum Gasteiger partial charge on any atom is -0.457 e. The number of ketones is 1. The number of likely N-dealkylation sites (tertiary alicyclic amines) is 1. The molecule has 230 valence electrons. The number of ether oxygens (including phenoxy) is 2. The molecule has 0 amide bonds. The summed E-state index contributed by atoms with van der Waals surface area (Å²) in [5.41, 5.74) is 4.25. The van der Waals surface area contributed by atoms with Gasteiger partial charge in [0.2, 0.25) is 0 Å². The highest BCUT2D eigenvalue weighted by Crippen LogP contribution is 2.93. The van der Waals surface area contributed by atoms with Gasteiger partial charge in [0.15, 0.2) is 5.78 Å². The Morgan fingerprint density at radius 2 is 1.75 bits per heavy atom. The molecular formula is C40H47NO3. The molecule has 3 spiro atoms. The number of piperidine rings is 1. The van der Waals surface area contributed by atoms with E-state index < -0.39 is 0 Å². The first-order chi connectivity index (χ1) is 21.3. The fourth-order valence-electron chi connectivity index (χ4n) is 13.5. The smallest absolute Gasteiger partial charge is 0.155 e. The van der Waals surface area contributed by atoms with Crippen LogP contribution in [0.2, 0.25) is 0 Å². The van der Waals surface area contributed by atoms with Crippen molar-refractivity contribution in [3.8, 4) is 11.5 Å². The second-order valence-electron chi connectivity index (χ2n) is 16.8. The van der Waals surface area contributed by atoms with E-state index in [4.69, 9.17) is 9.47 Å². The first kappa shape index (κ1) is 26.8. The lowest BCUT2D eigenvalue weighted by Crippen LogP contribution is -2.64. The van der Waals surface area contributed by atoms with Crippen LogP contribution in [-0.4, -0.2) is 35.0 Å². The quantitative estimate of drug-likeness (QED) is 0.359. The van der Waals surface area contributed by atoms with Crippen molar-refractivity contribution in [1.82, 2.24) is 4.90 Å². The van der Waals surface area contributed by atoms with E-state index in [1.54, 1.807) is 0 Å². The van der Waals surface area contributed by atoms with Gasteiger partial charge in [-0.1, -0.05) is 49.8 Å². The van der Waals surface area contributed by atoms with E-state index in [2.05, 4.69) is 49.1 Å². The Bertz CT molecular complexity index is 1550. The van der Waals surface area contributed by atoms with Gasteiger partial charge in [0.05, 0.1) is 11.7 Å². The molecule has 5 saturated carbocycles. The standard InChI is InChI=1S/C40H47NO3/c1-25-18-35-36(41(22-25)23-26-8-11-30(12-9-26)43-29-6-4-3-5-7-29)34-21-39-24-38(39)20-33-31(32(38)15-17-40(34,39)44-35)13-10-27-19-28(42)14-16-37(27,33)2/h3-9,11-12,19,25,31-36H,10,13-18,20-24H2,1-2H3/t25-,31+,32-,33-,34+,35+,36-,37-,38?,39?,40+/m0/s1. The monoisotopic (exact) mass is 589 g/mol. The number of benzene rings is 2. The molecule has 0 bridgehead atoms.